The molecule has 0 spiro atoms. The molecule has 0 saturated carbocycles. The standard InChI is InChI=1S/C8H14N4/c1-11-6-8(10-7-11)12-4-2-9-3-5-12/h6-7,9H,2-5H2,1H3. The molecular formula is C8H14N4. The highest BCUT2D eigenvalue weighted by molar-refractivity contribution is 5.36. The van der Waals surface area contributed by atoms with Gasteiger partial charge >= 0.3 is 0 Å². The lowest BCUT2D eigenvalue weighted by molar-refractivity contribution is 0.585. The van der Waals surface area contributed by atoms with E-state index in [9.17, 15) is 0 Å². The van der Waals surface area contributed by atoms with Crippen molar-refractivity contribution in [3.8, 4) is 0 Å². The zero-order valence-electron chi connectivity index (χ0n) is 7.32. The highest BCUT2D eigenvalue weighted by Gasteiger charge is 2.11. The van der Waals surface area contributed by atoms with Crippen molar-refractivity contribution in [2.24, 2.45) is 7.05 Å². The van der Waals surface area contributed by atoms with Crippen molar-refractivity contribution in [1.82, 2.24) is 14.9 Å². The van der Waals surface area contributed by atoms with E-state index in [-0.39, 0.29) is 0 Å². The van der Waals surface area contributed by atoms with Crippen molar-refractivity contribution in [2.75, 3.05) is 31.1 Å². The lowest BCUT2D eigenvalue weighted by atomic mass is 10.4. The van der Waals surface area contributed by atoms with Gasteiger partial charge in [-0.15, -0.1) is 0 Å². The van der Waals surface area contributed by atoms with Gasteiger partial charge in [-0.25, -0.2) is 4.98 Å². The molecule has 2 rings (SSSR count). The summed E-state index contributed by atoms with van der Waals surface area (Å²) in [5, 5.41) is 3.32. The van der Waals surface area contributed by atoms with Crippen LogP contribution >= 0.6 is 0 Å². The van der Waals surface area contributed by atoms with Gasteiger partial charge in [0.15, 0.2) is 0 Å². The molecule has 1 saturated heterocycles. The topological polar surface area (TPSA) is 33.1 Å². The number of hydrogen-bond donors (Lipinski definition) is 1. The van der Waals surface area contributed by atoms with Crippen molar-refractivity contribution >= 4 is 5.82 Å². The van der Waals surface area contributed by atoms with Crippen LogP contribution in [0.25, 0.3) is 0 Å². The second-order valence-corrected chi connectivity index (χ2v) is 3.13. The van der Waals surface area contributed by atoms with Crippen LogP contribution < -0.4 is 10.2 Å². The van der Waals surface area contributed by atoms with Gasteiger partial charge in [-0.2, -0.15) is 0 Å². The quantitative estimate of drug-likeness (QED) is 0.629. The Kier molecular flexibility index (Phi) is 1.99. The van der Waals surface area contributed by atoms with Crippen molar-refractivity contribution in [3.63, 3.8) is 0 Å². The Morgan fingerprint density at radius 2 is 2.17 bits per heavy atom. The second-order valence-electron chi connectivity index (χ2n) is 3.13. The summed E-state index contributed by atoms with van der Waals surface area (Å²) in [6.45, 7) is 4.27. The predicted molar refractivity (Wildman–Crippen MR) is 48.3 cm³/mol. The van der Waals surface area contributed by atoms with E-state index in [0.29, 0.717) is 0 Å². The molecule has 1 aliphatic rings. The molecule has 2 heterocycles. The Labute approximate surface area is 72.2 Å². The van der Waals surface area contributed by atoms with Crippen molar-refractivity contribution in [2.45, 2.75) is 0 Å². The number of piperazine rings is 1. The van der Waals surface area contributed by atoms with Gasteiger partial charge in [-0.05, 0) is 0 Å². The monoisotopic (exact) mass is 166 g/mol. The third-order valence-corrected chi connectivity index (χ3v) is 2.13. The van der Waals surface area contributed by atoms with Crippen LogP contribution in [0.2, 0.25) is 0 Å². The molecular weight excluding hydrogens is 152 g/mol. The zero-order valence-corrected chi connectivity index (χ0v) is 7.32. The lowest BCUT2D eigenvalue weighted by Gasteiger charge is -2.27. The maximum absolute atomic E-state index is 4.30. The van der Waals surface area contributed by atoms with Gasteiger partial charge in [0, 0.05) is 39.4 Å². The molecule has 1 aromatic rings. The number of rotatable bonds is 1. The minimum atomic E-state index is 1.07. The molecule has 1 N–H and O–H groups in total. The van der Waals surface area contributed by atoms with Crippen LogP contribution in [0.1, 0.15) is 0 Å². The van der Waals surface area contributed by atoms with Gasteiger partial charge in [0.05, 0.1) is 6.33 Å². The van der Waals surface area contributed by atoms with Gasteiger partial charge in [0.25, 0.3) is 0 Å². The number of imidazole rings is 1. The normalized spacial score (nSPS) is 18.2. The third kappa shape index (κ3) is 1.43. The van der Waals surface area contributed by atoms with Crippen LogP contribution in [-0.4, -0.2) is 35.7 Å². The number of nitrogens with one attached hydrogen (secondary N) is 1. The summed E-state index contributed by atoms with van der Waals surface area (Å²) in [6.07, 6.45) is 3.91. The molecule has 0 aliphatic carbocycles. The highest BCUT2D eigenvalue weighted by atomic mass is 15.3. The molecule has 0 amide bonds. The number of hydrogen-bond acceptors (Lipinski definition) is 3. The van der Waals surface area contributed by atoms with E-state index in [1.54, 1.807) is 0 Å². The van der Waals surface area contributed by atoms with Gasteiger partial charge in [0.2, 0.25) is 0 Å². The molecule has 4 heteroatoms. The minimum absolute atomic E-state index is 1.07. The Morgan fingerprint density at radius 3 is 2.75 bits per heavy atom. The SMILES string of the molecule is Cn1cnc(N2CCNCC2)c1. The fraction of sp³-hybridized carbons (Fsp3) is 0.625. The smallest absolute Gasteiger partial charge is 0.146 e. The zero-order chi connectivity index (χ0) is 8.39. The number of aromatic nitrogens is 2. The molecule has 1 aromatic heterocycles. The fourth-order valence-electron chi connectivity index (χ4n) is 1.46. The first-order valence-electron chi connectivity index (χ1n) is 4.30. The summed E-state index contributed by atoms with van der Waals surface area (Å²) in [5.41, 5.74) is 0. The summed E-state index contributed by atoms with van der Waals surface area (Å²) < 4.78 is 1.98. The molecule has 0 atom stereocenters. The van der Waals surface area contributed by atoms with Gasteiger partial charge in [0.1, 0.15) is 5.82 Å². The lowest BCUT2D eigenvalue weighted by Crippen LogP contribution is -2.43. The van der Waals surface area contributed by atoms with Crippen LogP contribution in [0.4, 0.5) is 5.82 Å². The van der Waals surface area contributed by atoms with E-state index >= 15 is 0 Å². The summed E-state index contributed by atoms with van der Waals surface area (Å²) >= 11 is 0. The Balaban J connectivity index is 2.08. The molecule has 66 valence electrons. The van der Waals surface area contributed by atoms with Crippen molar-refractivity contribution in [1.29, 1.82) is 0 Å². The van der Waals surface area contributed by atoms with E-state index in [2.05, 4.69) is 21.4 Å². The fourth-order valence-corrected chi connectivity index (χ4v) is 1.46. The molecule has 12 heavy (non-hydrogen) atoms. The minimum Gasteiger partial charge on any atom is -0.353 e. The van der Waals surface area contributed by atoms with Crippen LogP contribution in [-0.2, 0) is 7.05 Å². The first-order valence-corrected chi connectivity index (χ1v) is 4.30. The van der Waals surface area contributed by atoms with E-state index in [1.807, 2.05) is 17.9 Å². The predicted octanol–water partition coefficient (Wildman–Crippen LogP) is -0.170. The first-order chi connectivity index (χ1) is 5.86. The molecule has 0 radical (unpaired) electrons. The largest absolute Gasteiger partial charge is 0.353 e. The van der Waals surface area contributed by atoms with Crippen LogP contribution in [0.15, 0.2) is 12.5 Å². The molecule has 1 aliphatic heterocycles. The Morgan fingerprint density at radius 1 is 1.42 bits per heavy atom. The van der Waals surface area contributed by atoms with E-state index in [1.165, 1.54) is 0 Å². The van der Waals surface area contributed by atoms with Crippen LogP contribution in [0, 0.1) is 0 Å². The third-order valence-electron chi connectivity index (χ3n) is 2.13. The van der Waals surface area contributed by atoms with Crippen LogP contribution in [0.3, 0.4) is 0 Å². The second kappa shape index (κ2) is 3.15. The average Bonchev–Trinajstić information content (AvgIpc) is 2.54. The number of nitrogens with zero attached hydrogens (tertiary/aromatic N) is 3. The highest BCUT2D eigenvalue weighted by Crippen LogP contribution is 2.09. The van der Waals surface area contributed by atoms with E-state index in [0.717, 1.165) is 32.0 Å². The average molecular weight is 166 g/mol. The maximum atomic E-state index is 4.30. The van der Waals surface area contributed by atoms with E-state index < -0.39 is 0 Å². The van der Waals surface area contributed by atoms with Gasteiger partial charge in [-0.1, -0.05) is 0 Å². The van der Waals surface area contributed by atoms with Gasteiger partial charge in [-0.3, -0.25) is 0 Å². The van der Waals surface area contributed by atoms with Gasteiger partial charge < -0.3 is 14.8 Å². The molecule has 0 aromatic carbocycles. The number of aryl methyl sites for hydroxylation is 1. The Hall–Kier alpha value is -1.03. The van der Waals surface area contributed by atoms with E-state index in [4.69, 9.17) is 0 Å². The summed E-state index contributed by atoms with van der Waals surface area (Å²) in [6, 6.07) is 0. The Bertz CT molecular complexity index is 249. The summed E-state index contributed by atoms with van der Waals surface area (Å²) in [7, 11) is 2.00. The molecule has 0 bridgehead atoms. The summed E-state index contributed by atoms with van der Waals surface area (Å²) in [4.78, 5) is 6.60. The maximum Gasteiger partial charge on any atom is 0.146 e. The summed E-state index contributed by atoms with van der Waals surface area (Å²) in [5.74, 6) is 1.10. The molecule has 0 unspecified atom stereocenters. The van der Waals surface area contributed by atoms with Crippen molar-refractivity contribution in [3.05, 3.63) is 12.5 Å². The molecule has 4 nitrogen and oxygen atoms in total. The molecule has 1 fully saturated rings. The van der Waals surface area contributed by atoms with Crippen molar-refractivity contribution < 1.29 is 0 Å². The number of anilines is 1. The first kappa shape index (κ1) is 7.61. The van der Waals surface area contributed by atoms with Crippen LogP contribution in [0.5, 0.6) is 0 Å².